The summed E-state index contributed by atoms with van der Waals surface area (Å²) in [7, 11) is 0. The first-order chi connectivity index (χ1) is 7.81. The lowest BCUT2D eigenvalue weighted by Crippen LogP contribution is -2.14. The minimum atomic E-state index is 0.360. The highest BCUT2D eigenvalue weighted by molar-refractivity contribution is 7.05. The average molecular weight is 234 g/mol. The molecule has 0 aliphatic heterocycles. The van der Waals surface area contributed by atoms with Gasteiger partial charge < -0.3 is 10.3 Å². The van der Waals surface area contributed by atoms with Gasteiger partial charge in [0.15, 0.2) is 0 Å². The fourth-order valence-corrected chi connectivity index (χ4v) is 2.07. The van der Waals surface area contributed by atoms with Crippen molar-refractivity contribution in [2.75, 3.05) is 6.54 Å². The Bertz CT molecular complexity index is 444. The Balaban J connectivity index is 2.26. The van der Waals surface area contributed by atoms with Gasteiger partial charge in [0.25, 0.3) is 0 Å². The summed E-state index contributed by atoms with van der Waals surface area (Å²) in [5.74, 6) is 0. The predicted octanol–water partition coefficient (Wildman–Crippen LogP) is 2.52. The Kier molecular flexibility index (Phi) is 3.61. The molecular weight excluding hydrogens is 222 g/mol. The Hall–Kier alpha value is -1.30. The zero-order chi connectivity index (χ0) is 11.4. The van der Waals surface area contributed by atoms with Crippen molar-refractivity contribution >= 4 is 11.5 Å². The number of rotatable bonds is 4. The fraction of sp³-hybridized carbons (Fsp3) is 0.273. The van der Waals surface area contributed by atoms with Crippen LogP contribution in [-0.2, 0) is 6.54 Å². The van der Waals surface area contributed by atoms with Crippen molar-refractivity contribution in [2.45, 2.75) is 13.5 Å². The molecule has 84 valence electrons. The average Bonchev–Trinajstić information content (AvgIpc) is 2.78. The molecule has 0 saturated heterocycles. The Morgan fingerprint density at radius 2 is 2.06 bits per heavy atom. The van der Waals surface area contributed by atoms with Gasteiger partial charge in [-0.2, -0.15) is 0 Å². The second-order valence-corrected chi connectivity index (χ2v) is 4.21. The molecule has 0 bridgehead atoms. The fourth-order valence-electron chi connectivity index (χ4n) is 1.40. The summed E-state index contributed by atoms with van der Waals surface area (Å²) >= 11 is 1.29. The van der Waals surface area contributed by atoms with E-state index in [0.29, 0.717) is 13.1 Å². The van der Waals surface area contributed by atoms with E-state index >= 15 is 0 Å². The van der Waals surface area contributed by atoms with Crippen LogP contribution in [-0.4, -0.2) is 21.2 Å². The van der Waals surface area contributed by atoms with Crippen LogP contribution in [0.1, 0.15) is 11.8 Å². The number of hydrogen-bond donors (Lipinski definition) is 0. The molecule has 0 spiro atoms. The van der Waals surface area contributed by atoms with Gasteiger partial charge in [0.05, 0.1) is 4.88 Å². The van der Waals surface area contributed by atoms with E-state index in [1.165, 1.54) is 11.5 Å². The van der Waals surface area contributed by atoms with Crippen LogP contribution in [0.2, 0.25) is 0 Å². The van der Waals surface area contributed by atoms with Gasteiger partial charge in [-0.1, -0.05) is 41.7 Å². The van der Waals surface area contributed by atoms with E-state index in [1.807, 2.05) is 37.3 Å². The molecule has 0 aliphatic carbocycles. The Morgan fingerprint density at radius 1 is 1.31 bits per heavy atom. The molecule has 0 N–H and O–H groups in total. The maximum absolute atomic E-state index is 11.3. The van der Waals surface area contributed by atoms with Crippen LogP contribution >= 0.6 is 11.5 Å². The molecule has 0 aliphatic rings. The van der Waals surface area contributed by atoms with Crippen molar-refractivity contribution in [3.05, 3.63) is 40.4 Å². The van der Waals surface area contributed by atoms with E-state index < -0.39 is 0 Å². The second kappa shape index (κ2) is 5.16. The van der Waals surface area contributed by atoms with E-state index in [2.05, 4.69) is 9.59 Å². The summed E-state index contributed by atoms with van der Waals surface area (Å²) in [6, 6.07) is 9.80. The van der Waals surface area contributed by atoms with Crippen molar-refractivity contribution in [2.24, 2.45) is 0 Å². The third-order valence-corrected chi connectivity index (χ3v) is 2.98. The maximum Gasteiger partial charge on any atom is 0.110 e. The molecule has 0 unspecified atom stereocenters. The topological polar surface area (TPSA) is 52.1 Å². The number of nitrogens with zero attached hydrogens (tertiary/aromatic N) is 3. The molecule has 0 radical (unpaired) electrons. The zero-order valence-electron chi connectivity index (χ0n) is 8.96. The number of hydrogen-bond acceptors (Lipinski definition) is 5. The van der Waals surface area contributed by atoms with Crippen LogP contribution in [0.3, 0.4) is 0 Å². The van der Waals surface area contributed by atoms with Crippen LogP contribution in [0.15, 0.2) is 30.3 Å². The van der Waals surface area contributed by atoms with Gasteiger partial charge in [0, 0.05) is 12.1 Å². The SMILES string of the molecule is CCN([O-])Cc1snnc1-c1ccccc1. The normalized spacial score (nSPS) is 10.9. The molecule has 0 fully saturated rings. The summed E-state index contributed by atoms with van der Waals surface area (Å²) in [4.78, 5) is 0.919. The molecule has 16 heavy (non-hydrogen) atoms. The molecule has 1 aromatic carbocycles. The molecule has 2 aromatic rings. The van der Waals surface area contributed by atoms with Gasteiger partial charge in [-0.05, 0) is 18.1 Å². The summed E-state index contributed by atoms with van der Waals surface area (Å²) in [6.07, 6.45) is 0. The lowest BCUT2D eigenvalue weighted by molar-refractivity contribution is 0.395. The molecule has 4 nitrogen and oxygen atoms in total. The molecule has 5 heteroatoms. The first-order valence-electron chi connectivity index (χ1n) is 5.10. The van der Waals surface area contributed by atoms with Gasteiger partial charge in [0.2, 0.25) is 0 Å². The first kappa shape index (κ1) is 11.2. The third-order valence-electron chi connectivity index (χ3n) is 2.28. The standard InChI is InChI=1S/C11H12N3OS/c1-2-14(15)8-10-11(12-13-16-10)9-6-4-3-5-7-9/h3-7H,2,8H2,1H3/q-1. The highest BCUT2D eigenvalue weighted by Crippen LogP contribution is 2.24. The van der Waals surface area contributed by atoms with Gasteiger partial charge >= 0.3 is 0 Å². The minimum absolute atomic E-state index is 0.360. The third kappa shape index (κ3) is 2.44. The van der Waals surface area contributed by atoms with Crippen molar-refractivity contribution in [1.29, 1.82) is 0 Å². The number of benzene rings is 1. The molecular formula is C11H12N3OS-. The first-order valence-corrected chi connectivity index (χ1v) is 5.87. The molecule has 0 amide bonds. The van der Waals surface area contributed by atoms with E-state index in [9.17, 15) is 5.21 Å². The zero-order valence-corrected chi connectivity index (χ0v) is 9.78. The Labute approximate surface area is 98.3 Å². The van der Waals surface area contributed by atoms with Crippen molar-refractivity contribution < 1.29 is 0 Å². The van der Waals surface area contributed by atoms with E-state index in [1.54, 1.807) is 0 Å². The largest absolute Gasteiger partial charge is 0.785 e. The van der Waals surface area contributed by atoms with Gasteiger partial charge in [-0.15, -0.1) is 5.10 Å². The van der Waals surface area contributed by atoms with Crippen LogP contribution in [0.4, 0.5) is 0 Å². The number of hydroxylamine groups is 2. The van der Waals surface area contributed by atoms with E-state index in [0.717, 1.165) is 21.2 Å². The van der Waals surface area contributed by atoms with Crippen LogP contribution in [0.5, 0.6) is 0 Å². The summed E-state index contributed by atoms with van der Waals surface area (Å²) in [5, 5.41) is 16.4. The highest BCUT2D eigenvalue weighted by atomic mass is 32.1. The van der Waals surface area contributed by atoms with Crippen molar-refractivity contribution in [3.8, 4) is 11.3 Å². The maximum atomic E-state index is 11.3. The molecule has 2 rings (SSSR count). The molecule has 1 heterocycles. The second-order valence-electron chi connectivity index (χ2n) is 3.37. The predicted molar refractivity (Wildman–Crippen MR) is 64.8 cm³/mol. The quantitative estimate of drug-likeness (QED) is 0.763. The molecule has 0 saturated carbocycles. The minimum Gasteiger partial charge on any atom is -0.785 e. The lowest BCUT2D eigenvalue weighted by atomic mass is 10.1. The summed E-state index contributed by atoms with van der Waals surface area (Å²) in [6.45, 7) is 2.67. The summed E-state index contributed by atoms with van der Waals surface area (Å²) < 4.78 is 3.91. The highest BCUT2D eigenvalue weighted by Gasteiger charge is 2.09. The van der Waals surface area contributed by atoms with Crippen LogP contribution < -0.4 is 0 Å². The van der Waals surface area contributed by atoms with E-state index in [4.69, 9.17) is 0 Å². The molecule has 1 aromatic heterocycles. The van der Waals surface area contributed by atoms with Gasteiger partial charge in [-0.3, -0.25) is 0 Å². The van der Waals surface area contributed by atoms with Crippen molar-refractivity contribution in [1.82, 2.24) is 14.7 Å². The lowest BCUT2D eigenvalue weighted by Gasteiger charge is -2.25. The van der Waals surface area contributed by atoms with Crippen LogP contribution in [0.25, 0.3) is 11.3 Å². The van der Waals surface area contributed by atoms with Gasteiger partial charge in [-0.25, -0.2) is 0 Å². The summed E-state index contributed by atoms with van der Waals surface area (Å²) in [5.41, 5.74) is 1.83. The van der Waals surface area contributed by atoms with Crippen molar-refractivity contribution in [3.63, 3.8) is 0 Å². The molecule has 0 atom stereocenters. The number of aromatic nitrogens is 2. The van der Waals surface area contributed by atoms with Crippen LogP contribution in [0, 0.1) is 5.21 Å². The van der Waals surface area contributed by atoms with E-state index in [-0.39, 0.29) is 0 Å². The monoisotopic (exact) mass is 234 g/mol. The Morgan fingerprint density at radius 3 is 2.75 bits per heavy atom. The van der Waals surface area contributed by atoms with Gasteiger partial charge in [0.1, 0.15) is 5.69 Å². The smallest absolute Gasteiger partial charge is 0.110 e.